The predicted molar refractivity (Wildman–Crippen MR) is 64.0 cm³/mol. The fourth-order valence-electron chi connectivity index (χ4n) is 0.992. The molecule has 0 fully saturated rings. The summed E-state index contributed by atoms with van der Waals surface area (Å²) in [6.45, 7) is 13.2. The highest BCUT2D eigenvalue weighted by molar-refractivity contribution is 6.47. The smallest absolute Gasteiger partial charge is 0.386 e. The van der Waals surface area contributed by atoms with Crippen molar-refractivity contribution in [3.8, 4) is 0 Å². The molecule has 0 aliphatic rings. The van der Waals surface area contributed by atoms with Gasteiger partial charge in [-0.3, -0.25) is 0 Å². The van der Waals surface area contributed by atoms with Gasteiger partial charge in [-0.25, -0.2) is 4.79 Å². The molecule has 0 aromatic heterocycles. The third kappa shape index (κ3) is 7.33. The summed E-state index contributed by atoms with van der Waals surface area (Å²) in [6.07, 6.45) is 0.969. The van der Waals surface area contributed by atoms with E-state index in [-0.39, 0.29) is 11.6 Å². The van der Waals surface area contributed by atoms with Gasteiger partial charge in [-0.05, 0) is 33.7 Å². The Labute approximate surface area is 94.3 Å². The van der Waals surface area contributed by atoms with Crippen LogP contribution in [0.5, 0.6) is 0 Å². The summed E-state index contributed by atoms with van der Waals surface area (Å²) < 4.78 is 11.1. The Kier molecular flexibility index (Phi) is 5.83. The minimum atomic E-state index is -1.88. The SMILES string of the molecule is C=C(C)C(=O)O[SiH](CCC)OC(C)(C)C. The van der Waals surface area contributed by atoms with Crippen LogP contribution in [-0.2, 0) is 13.6 Å². The monoisotopic (exact) mass is 230 g/mol. The number of hydrogen-bond donors (Lipinski definition) is 0. The summed E-state index contributed by atoms with van der Waals surface area (Å²) >= 11 is 0. The van der Waals surface area contributed by atoms with Crippen LogP contribution in [-0.4, -0.2) is 20.9 Å². The van der Waals surface area contributed by atoms with E-state index in [1.165, 1.54) is 0 Å². The van der Waals surface area contributed by atoms with Crippen LogP contribution >= 0.6 is 0 Å². The van der Waals surface area contributed by atoms with E-state index in [9.17, 15) is 4.79 Å². The molecule has 0 bridgehead atoms. The Bertz CT molecular complexity index is 230. The third-order valence-electron chi connectivity index (χ3n) is 1.60. The quantitative estimate of drug-likeness (QED) is 0.538. The van der Waals surface area contributed by atoms with Gasteiger partial charge in [0.05, 0.1) is 5.60 Å². The molecule has 0 aliphatic carbocycles. The molecule has 0 aromatic rings. The summed E-state index contributed by atoms with van der Waals surface area (Å²) in [6, 6.07) is 0.844. The maximum atomic E-state index is 11.3. The zero-order valence-electron chi connectivity index (χ0n) is 10.4. The lowest BCUT2D eigenvalue weighted by molar-refractivity contribution is -0.132. The summed E-state index contributed by atoms with van der Waals surface area (Å²) in [5.74, 6) is -0.329. The molecule has 88 valence electrons. The molecule has 1 atom stereocenters. The van der Waals surface area contributed by atoms with E-state index >= 15 is 0 Å². The first-order valence-electron chi connectivity index (χ1n) is 5.30. The van der Waals surface area contributed by atoms with E-state index in [1.807, 2.05) is 20.8 Å². The van der Waals surface area contributed by atoms with Crippen LogP contribution in [0, 0.1) is 0 Å². The van der Waals surface area contributed by atoms with E-state index in [1.54, 1.807) is 6.92 Å². The Balaban J connectivity index is 4.28. The predicted octanol–water partition coefficient (Wildman–Crippen LogP) is 2.55. The highest BCUT2D eigenvalue weighted by atomic mass is 28.3. The average Bonchev–Trinajstić information content (AvgIpc) is 2.00. The van der Waals surface area contributed by atoms with Crippen LogP contribution < -0.4 is 0 Å². The second kappa shape index (κ2) is 6.08. The van der Waals surface area contributed by atoms with Gasteiger partial charge in [0, 0.05) is 5.57 Å². The highest BCUT2D eigenvalue weighted by Gasteiger charge is 2.24. The molecule has 0 amide bonds. The fourth-order valence-corrected chi connectivity index (χ4v) is 2.98. The van der Waals surface area contributed by atoms with Gasteiger partial charge < -0.3 is 8.85 Å². The molecule has 0 rings (SSSR count). The van der Waals surface area contributed by atoms with Gasteiger partial charge in [-0.15, -0.1) is 0 Å². The largest absolute Gasteiger partial charge is 0.493 e. The fraction of sp³-hybridized carbons (Fsp3) is 0.727. The standard InChI is InChI=1S/C11H22O3Si/c1-7-8-15(14-11(4,5)6)13-10(12)9(2)3/h15H,2,7-8H2,1,3-6H3. The molecule has 0 aromatic carbocycles. The van der Waals surface area contributed by atoms with E-state index < -0.39 is 9.28 Å². The Morgan fingerprint density at radius 2 is 1.93 bits per heavy atom. The van der Waals surface area contributed by atoms with E-state index in [2.05, 4.69) is 13.5 Å². The molecule has 0 aliphatic heterocycles. The van der Waals surface area contributed by atoms with E-state index in [4.69, 9.17) is 8.85 Å². The highest BCUT2D eigenvalue weighted by Crippen LogP contribution is 2.14. The van der Waals surface area contributed by atoms with Gasteiger partial charge in [-0.1, -0.05) is 19.9 Å². The van der Waals surface area contributed by atoms with Gasteiger partial charge >= 0.3 is 15.3 Å². The molecule has 15 heavy (non-hydrogen) atoms. The zero-order valence-corrected chi connectivity index (χ0v) is 11.6. The summed E-state index contributed by atoms with van der Waals surface area (Å²) in [5.41, 5.74) is 0.183. The van der Waals surface area contributed by atoms with Crippen molar-refractivity contribution in [2.45, 2.75) is 52.7 Å². The van der Waals surface area contributed by atoms with Crippen LogP contribution in [0.4, 0.5) is 0 Å². The van der Waals surface area contributed by atoms with Crippen molar-refractivity contribution in [2.24, 2.45) is 0 Å². The van der Waals surface area contributed by atoms with Crippen molar-refractivity contribution < 1.29 is 13.6 Å². The molecule has 1 unspecified atom stereocenters. The Morgan fingerprint density at radius 3 is 2.27 bits per heavy atom. The molecule has 0 heterocycles. The minimum absolute atomic E-state index is 0.249. The maximum Gasteiger partial charge on any atom is 0.386 e. The topological polar surface area (TPSA) is 35.5 Å². The van der Waals surface area contributed by atoms with Crippen molar-refractivity contribution >= 4 is 15.3 Å². The van der Waals surface area contributed by atoms with Crippen LogP contribution in [0.25, 0.3) is 0 Å². The molecular weight excluding hydrogens is 208 g/mol. The third-order valence-corrected chi connectivity index (χ3v) is 4.09. The molecule has 0 saturated heterocycles. The van der Waals surface area contributed by atoms with Crippen LogP contribution in [0.2, 0.25) is 6.04 Å². The van der Waals surface area contributed by atoms with Crippen LogP contribution in [0.1, 0.15) is 41.0 Å². The molecular formula is C11H22O3Si. The number of carbonyl (C=O) groups is 1. The minimum Gasteiger partial charge on any atom is -0.493 e. The van der Waals surface area contributed by atoms with Crippen LogP contribution in [0.15, 0.2) is 12.2 Å². The van der Waals surface area contributed by atoms with E-state index in [0.29, 0.717) is 5.57 Å². The summed E-state index contributed by atoms with van der Waals surface area (Å²) in [4.78, 5) is 11.3. The van der Waals surface area contributed by atoms with Crippen LogP contribution in [0.3, 0.4) is 0 Å². The maximum absolute atomic E-state index is 11.3. The molecule has 0 saturated carbocycles. The Hall–Kier alpha value is -0.613. The summed E-state index contributed by atoms with van der Waals surface area (Å²) in [5, 5.41) is 0. The molecule has 3 nitrogen and oxygen atoms in total. The molecule has 0 N–H and O–H groups in total. The normalized spacial score (nSPS) is 13.4. The van der Waals surface area contributed by atoms with Gasteiger partial charge in [0.15, 0.2) is 0 Å². The average molecular weight is 230 g/mol. The second-order valence-corrected chi connectivity index (χ2v) is 6.54. The number of hydrogen-bond acceptors (Lipinski definition) is 3. The van der Waals surface area contributed by atoms with Crippen molar-refractivity contribution in [2.75, 3.05) is 0 Å². The van der Waals surface area contributed by atoms with Crippen molar-refractivity contribution in [1.82, 2.24) is 0 Å². The Morgan fingerprint density at radius 1 is 1.40 bits per heavy atom. The van der Waals surface area contributed by atoms with Crippen molar-refractivity contribution in [1.29, 1.82) is 0 Å². The van der Waals surface area contributed by atoms with Gasteiger partial charge in [-0.2, -0.15) is 0 Å². The van der Waals surface area contributed by atoms with Gasteiger partial charge in [0.1, 0.15) is 0 Å². The van der Waals surface area contributed by atoms with Crippen molar-refractivity contribution in [3.05, 3.63) is 12.2 Å². The molecule has 0 spiro atoms. The first-order valence-corrected chi connectivity index (χ1v) is 7.06. The number of rotatable bonds is 5. The van der Waals surface area contributed by atoms with E-state index in [0.717, 1.165) is 12.5 Å². The van der Waals surface area contributed by atoms with Gasteiger partial charge in [0.2, 0.25) is 0 Å². The number of carbonyl (C=O) groups excluding carboxylic acids is 1. The van der Waals surface area contributed by atoms with Crippen molar-refractivity contribution in [3.63, 3.8) is 0 Å². The molecule has 4 heteroatoms. The zero-order chi connectivity index (χ0) is 12.1. The van der Waals surface area contributed by atoms with Gasteiger partial charge in [0.25, 0.3) is 0 Å². The lowest BCUT2D eigenvalue weighted by Crippen LogP contribution is -2.35. The lowest BCUT2D eigenvalue weighted by atomic mass is 10.2. The second-order valence-electron chi connectivity index (χ2n) is 4.63. The first kappa shape index (κ1) is 14.4. The lowest BCUT2D eigenvalue weighted by Gasteiger charge is -2.26. The molecule has 0 radical (unpaired) electrons. The summed E-state index contributed by atoms with van der Waals surface area (Å²) in [7, 11) is -1.88. The first-order chi connectivity index (χ1) is 6.76.